The number of thioether (sulfide) groups is 1. The van der Waals surface area contributed by atoms with Gasteiger partial charge in [-0.1, -0.05) is 17.8 Å². The van der Waals surface area contributed by atoms with Gasteiger partial charge in [-0.3, -0.25) is 9.59 Å². The fraction of sp³-hybridized carbons (Fsp3) is 0.455. The number of aromatic nitrogens is 3. The normalized spacial score (nSPS) is 16.5. The van der Waals surface area contributed by atoms with E-state index in [-0.39, 0.29) is 11.7 Å². The Morgan fingerprint density at radius 3 is 2.58 bits per heavy atom. The first kappa shape index (κ1) is 21.5. The van der Waals surface area contributed by atoms with Crippen LogP contribution in [-0.4, -0.2) is 63.3 Å². The molecule has 0 bridgehead atoms. The molecule has 2 aliphatic rings. The van der Waals surface area contributed by atoms with E-state index in [1.165, 1.54) is 24.8 Å². The number of ketones is 1. The van der Waals surface area contributed by atoms with Crippen molar-refractivity contribution in [3.63, 3.8) is 0 Å². The number of carbonyl (C=O) groups is 2. The van der Waals surface area contributed by atoms with E-state index in [9.17, 15) is 14.0 Å². The van der Waals surface area contributed by atoms with Crippen LogP contribution in [0, 0.1) is 5.82 Å². The summed E-state index contributed by atoms with van der Waals surface area (Å²) in [6, 6.07) is 4.56. The second-order valence-electron chi connectivity index (χ2n) is 7.89. The predicted molar refractivity (Wildman–Crippen MR) is 118 cm³/mol. The number of Topliss-reactive ketones (excluding diaryl/α,β-unsaturated/α-hetero) is 1. The minimum absolute atomic E-state index is 0.0400. The van der Waals surface area contributed by atoms with Gasteiger partial charge in [0, 0.05) is 44.2 Å². The lowest BCUT2D eigenvalue weighted by molar-refractivity contribution is -0.128. The van der Waals surface area contributed by atoms with Gasteiger partial charge in [-0.2, -0.15) is 0 Å². The summed E-state index contributed by atoms with van der Waals surface area (Å²) in [4.78, 5) is 27.9. The van der Waals surface area contributed by atoms with E-state index >= 15 is 0 Å². The molecule has 1 aromatic heterocycles. The summed E-state index contributed by atoms with van der Waals surface area (Å²) in [6.45, 7) is 8.02. The highest BCUT2D eigenvalue weighted by Crippen LogP contribution is 2.40. The molecule has 0 unspecified atom stereocenters. The zero-order chi connectivity index (χ0) is 22.0. The first-order chi connectivity index (χ1) is 15.0. The van der Waals surface area contributed by atoms with Crippen LogP contribution in [0.5, 0.6) is 0 Å². The quantitative estimate of drug-likeness (QED) is 0.355. The van der Waals surface area contributed by atoms with Gasteiger partial charge in [0.15, 0.2) is 10.9 Å². The summed E-state index contributed by atoms with van der Waals surface area (Å²) < 4.78 is 16.5. The van der Waals surface area contributed by atoms with E-state index in [1.807, 2.05) is 15.5 Å². The Kier molecular flexibility index (Phi) is 6.41. The summed E-state index contributed by atoms with van der Waals surface area (Å²) in [5.41, 5.74) is 0.831. The van der Waals surface area contributed by atoms with E-state index in [2.05, 4.69) is 16.8 Å². The molecule has 2 heterocycles. The molecule has 1 aromatic carbocycles. The number of hydrogen-bond acceptors (Lipinski definition) is 6. The molecule has 2 fully saturated rings. The van der Waals surface area contributed by atoms with Crippen molar-refractivity contribution in [3.8, 4) is 0 Å². The second kappa shape index (κ2) is 9.21. The molecule has 4 rings (SSSR count). The van der Waals surface area contributed by atoms with E-state index in [1.54, 1.807) is 17.0 Å². The van der Waals surface area contributed by atoms with Crippen LogP contribution in [0.2, 0.25) is 0 Å². The third-order valence-corrected chi connectivity index (χ3v) is 6.60. The maximum Gasteiger partial charge on any atom is 0.233 e. The molecule has 2 aromatic rings. The van der Waals surface area contributed by atoms with Crippen LogP contribution in [0.15, 0.2) is 36.0 Å². The van der Waals surface area contributed by atoms with Crippen LogP contribution < -0.4 is 4.90 Å². The monoisotopic (exact) mass is 443 g/mol. The predicted octanol–water partition coefficient (Wildman–Crippen LogP) is 3.12. The smallest absolute Gasteiger partial charge is 0.233 e. The number of amides is 1. The number of halogens is 1. The summed E-state index contributed by atoms with van der Waals surface area (Å²) >= 11 is 1.40. The largest absolute Gasteiger partial charge is 0.366 e. The summed E-state index contributed by atoms with van der Waals surface area (Å²) in [7, 11) is 0. The zero-order valence-corrected chi connectivity index (χ0v) is 18.4. The van der Waals surface area contributed by atoms with Gasteiger partial charge in [-0.25, -0.2) is 4.39 Å². The van der Waals surface area contributed by atoms with Gasteiger partial charge in [0.05, 0.1) is 11.4 Å². The number of allylic oxidation sites excluding steroid dienone is 1. The molecule has 1 aliphatic heterocycles. The van der Waals surface area contributed by atoms with Crippen LogP contribution in [0.4, 0.5) is 10.1 Å². The number of hydrogen-bond donors (Lipinski definition) is 0. The summed E-state index contributed by atoms with van der Waals surface area (Å²) in [5, 5.41) is 9.34. The average Bonchev–Trinajstić information content (AvgIpc) is 3.53. The lowest BCUT2D eigenvalue weighted by Gasteiger charge is -2.36. The number of anilines is 1. The number of carbonyl (C=O) groups excluding carboxylic acids is 2. The number of piperazine rings is 1. The number of rotatable bonds is 8. The van der Waals surface area contributed by atoms with Gasteiger partial charge in [0.2, 0.25) is 5.91 Å². The van der Waals surface area contributed by atoms with E-state index in [4.69, 9.17) is 0 Å². The molecule has 1 amide bonds. The lowest BCUT2D eigenvalue weighted by atomic mass is 10.1. The average molecular weight is 444 g/mol. The molecule has 1 saturated carbocycles. The van der Waals surface area contributed by atoms with Crippen LogP contribution in [0.1, 0.15) is 41.9 Å². The van der Waals surface area contributed by atoms with Crippen molar-refractivity contribution >= 4 is 29.1 Å². The molecule has 0 radical (unpaired) electrons. The fourth-order valence-electron chi connectivity index (χ4n) is 3.75. The first-order valence-electron chi connectivity index (χ1n) is 10.5. The molecule has 164 valence electrons. The third-order valence-electron chi connectivity index (χ3n) is 5.65. The Hall–Kier alpha value is -2.68. The van der Waals surface area contributed by atoms with Crippen LogP contribution in [-0.2, 0) is 11.3 Å². The van der Waals surface area contributed by atoms with Gasteiger partial charge >= 0.3 is 0 Å². The van der Waals surface area contributed by atoms with E-state index < -0.39 is 5.82 Å². The van der Waals surface area contributed by atoms with E-state index in [0.29, 0.717) is 55.6 Å². The molecule has 1 saturated heterocycles. The summed E-state index contributed by atoms with van der Waals surface area (Å²) in [5.74, 6) is 1.24. The Labute approximate surface area is 185 Å². The SMILES string of the molecule is C=CCn1c(SCC(=O)N2CCN(c3ccc(C(C)=O)cc3F)CC2)nnc1C1CC1. The topological polar surface area (TPSA) is 71.3 Å². The van der Waals surface area contributed by atoms with Crippen molar-refractivity contribution in [2.24, 2.45) is 0 Å². The van der Waals surface area contributed by atoms with Crippen molar-refractivity contribution in [3.05, 3.63) is 48.1 Å². The molecule has 1 aliphatic carbocycles. The Morgan fingerprint density at radius 1 is 1.23 bits per heavy atom. The highest BCUT2D eigenvalue weighted by atomic mass is 32.2. The fourth-order valence-corrected chi connectivity index (χ4v) is 4.61. The molecule has 31 heavy (non-hydrogen) atoms. The highest BCUT2D eigenvalue weighted by molar-refractivity contribution is 7.99. The van der Waals surface area contributed by atoms with Gasteiger partial charge in [-0.05, 0) is 38.0 Å². The molecule has 0 atom stereocenters. The zero-order valence-electron chi connectivity index (χ0n) is 17.6. The van der Waals surface area contributed by atoms with Gasteiger partial charge < -0.3 is 14.4 Å². The highest BCUT2D eigenvalue weighted by Gasteiger charge is 2.30. The Morgan fingerprint density at radius 2 is 1.97 bits per heavy atom. The Balaban J connectivity index is 1.32. The van der Waals surface area contributed by atoms with Crippen molar-refractivity contribution in [2.45, 2.75) is 37.4 Å². The molecule has 7 nitrogen and oxygen atoms in total. The minimum atomic E-state index is -0.406. The van der Waals surface area contributed by atoms with Gasteiger partial charge in [0.25, 0.3) is 0 Å². The minimum Gasteiger partial charge on any atom is -0.366 e. The molecule has 9 heteroatoms. The van der Waals surface area contributed by atoms with Crippen LogP contribution >= 0.6 is 11.8 Å². The van der Waals surface area contributed by atoms with Crippen molar-refractivity contribution in [1.82, 2.24) is 19.7 Å². The maximum absolute atomic E-state index is 14.4. The third kappa shape index (κ3) is 4.81. The maximum atomic E-state index is 14.4. The molecular formula is C22H26FN5O2S. The van der Waals surface area contributed by atoms with Crippen molar-refractivity contribution in [1.29, 1.82) is 0 Å². The standard InChI is InChI=1S/C22H26FN5O2S/c1-3-8-28-21(16-4-5-16)24-25-22(28)31-14-20(30)27-11-9-26(10-12-27)19-7-6-17(15(2)29)13-18(19)23/h3,6-7,13,16H,1,4-5,8-12,14H2,2H3. The molecule has 0 N–H and O–H groups in total. The van der Waals surface area contributed by atoms with Crippen molar-refractivity contribution < 1.29 is 14.0 Å². The number of nitrogens with zero attached hydrogens (tertiary/aromatic N) is 5. The van der Waals surface area contributed by atoms with E-state index in [0.717, 1.165) is 23.8 Å². The van der Waals surface area contributed by atoms with Crippen LogP contribution in [0.25, 0.3) is 0 Å². The first-order valence-corrected chi connectivity index (χ1v) is 11.5. The number of benzene rings is 1. The van der Waals surface area contributed by atoms with Crippen molar-refractivity contribution in [2.75, 3.05) is 36.8 Å². The second-order valence-corrected chi connectivity index (χ2v) is 8.84. The lowest BCUT2D eigenvalue weighted by Crippen LogP contribution is -2.49. The summed E-state index contributed by atoms with van der Waals surface area (Å²) in [6.07, 6.45) is 4.10. The molecular weight excluding hydrogens is 417 g/mol. The Bertz CT molecular complexity index is 996. The van der Waals surface area contributed by atoms with Gasteiger partial charge in [0.1, 0.15) is 11.6 Å². The molecule has 0 spiro atoms. The van der Waals surface area contributed by atoms with Crippen LogP contribution in [0.3, 0.4) is 0 Å². The van der Waals surface area contributed by atoms with Gasteiger partial charge in [-0.15, -0.1) is 16.8 Å².